The normalized spacial score (nSPS) is 10.1. The van der Waals surface area contributed by atoms with Gasteiger partial charge in [0.05, 0.1) is 12.6 Å². The van der Waals surface area contributed by atoms with E-state index in [0.717, 1.165) is 13.0 Å². The highest BCUT2D eigenvalue weighted by molar-refractivity contribution is 4.80. The maximum absolute atomic E-state index is 8.47. The Labute approximate surface area is 69.1 Å². The Morgan fingerprint density at radius 1 is 1.64 bits per heavy atom. The molecule has 0 fully saturated rings. The van der Waals surface area contributed by atoms with Crippen molar-refractivity contribution in [3.8, 4) is 6.07 Å². The van der Waals surface area contributed by atoms with Crippen molar-refractivity contribution in [2.24, 2.45) is 0 Å². The van der Waals surface area contributed by atoms with Crippen molar-refractivity contribution in [2.45, 2.75) is 26.3 Å². The third-order valence-electron chi connectivity index (χ3n) is 1.62. The van der Waals surface area contributed by atoms with E-state index in [-0.39, 0.29) is 0 Å². The lowest BCUT2D eigenvalue weighted by atomic mass is 10.3. The molecule has 0 bridgehead atoms. The maximum Gasteiger partial charge on any atom is 0.0868 e. The van der Waals surface area contributed by atoms with Gasteiger partial charge in [-0.1, -0.05) is 6.08 Å². The van der Waals surface area contributed by atoms with Crippen molar-refractivity contribution in [2.75, 3.05) is 13.1 Å². The van der Waals surface area contributed by atoms with Crippen LogP contribution in [-0.4, -0.2) is 24.0 Å². The monoisotopic (exact) mass is 152 g/mol. The standard InChI is InChI=1S/C9H16N2/c1-4-5-7-11(8-6-10)9(2)3/h4,9H,1,5,7-8H2,2-3H3. The highest BCUT2D eigenvalue weighted by atomic mass is 15.1. The first-order valence-corrected chi connectivity index (χ1v) is 3.94. The number of nitriles is 1. The molecule has 0 saturated heterocycles. The first-order chi connectivity index (χ1) is 5.22. The van der Waals surface area contributed by atoms with E-state index in [1.807, 2.05) is 6.08 Å². The molecule has 0 amide bonds. The van der Waals surface area contributed by atoms with E-state index in [1.165, 1.54) is 0 Å². The van der Waals surface area contributed by atoms with Crippen molar-refractivity contribution in [3.63, 3.8) is 0 Å². The van der Waals surface area contributed by atoms with Crippen LogP contribution in [0.5, 0.6) is 0 Å². The molecule has 0 aliphatic heterocycles. The van der Waals surface area contributed by atoms with Gasteiger partial charge in [0.25, 0.3) is 0 Å². The summed E-state index contributed by atoms with van der Waals surface area (Å²) in [6.45, 7) is 9.30. The van der Waals surface area contributed by atoms with E-state index in [1.54, 1.807) is 0 Å². The summed E-state index contributed by atoms with van der Waals surface area (Å²) < 4.78 is 0. The van der Waals surface area contributed by atoms with Gasteiger partial charge in [-0.15, -0.1) is 6.58 Å². The Morgan fingerprint density at radius 3 is 2.64 bits per heavy atom. The topological polar surface area (TPSA) is 27.0 Å². The van der Waals surface area contributed by atoms with Crippen molar-refractivity contribution >= 4 is 0 Å². The molecule has 0 aromatic carbocycles. The van der Waals surface area contributed by atoms with Gasteiger partial charge in [0, 0.05) is 12.6 Å². The van der Waals surface area contributed by atoms with E-state index in [4.69, 9.17) is 5.26 Å². The minimum absolute atomic E-state index is 0.453. The molecule has 0 aliphatic rings. The van der Waals surface area contributed by atoms with Gasteiger partial charge < -0.3 is 0 Å². The minimum atomic E-state index is 0.453. The number of nitrogens with zero attached hydrogens (tertiary/aromatic N) is 2. The second-order valence-electron chi connectivity index (χ2n) is 2.80. The van der Waals surface area contributed by atoms with Crippen LogP contribution in [0.3, 0.4) is 0 Å². The molecule has 0 atom stereocenters. The zero-order valence-electron chi connectivity index (χ0n) is 7.38. The maximum atomic E-state index is 8.47. The molecule has 2 nitrogen and oxygen atoms in total. The van der Waals surface area contributed by atoms with E-state index in [0.29, 0.717) is 12.6 Å². The summed E-state index contributed by atoms with van der Waals surface area (Å²) in [5.74, 6) is 0. The molecule has 0 rings (SSSR count). The predicted octanol–water partition coefficient (Wildman–Crippen LogP) is 1.80. The third-order valence-corrected chi connectivity index (χ3v) is 1.62. The van der Waals surface area contributed by atoms with Crippen LogP contribution >= 0.6 is 0 Å². The molecule has 0 aliphatic carbocycles. The predicted molar refractivity (Wildman–Crippen MR) is 47.1 cm³/mol. The van der Waals surface area contributed by atoms with Crippen LogP contribution in [0.4, 0.5) is 0 Å². The number of hydrogen-bond donors (Lipinski definition) is 0. The molecular weight excluding hydrogens is 136 g/mol. The first kappa shape index (κ1) is 10.2. The SMILES string of the molecule is C=CCCN(CC#N)C(C)C. The molecule has 0 radical (unpaired) electrons. The Bertz CT molecular complexity index is 144. The molecule has 0 heterocycles. The van der Waals surface area contributed by atoms with E-state index >= 15 is 0 Å². The molecule has 11 heavy (non-hydrogen) atoms. The van der Waals surface area contributed by atoms with Crippen LogP contribution in [0.1, 0.15) is 20.3 Å². The van der Waals surface area contributed by atoms with E-state index in [2.05, 4.69) is 31.4 Å². The number of hydrogen-bond acceptors (Lipinski definition) is 2. The summed E-state index contributed by atoms with van der Waals surface area (Å²) in [6, 6.07) is 2.60. The molecule has 0 unspecified atom stereocenters. The highest BCUT2D eigenvalue weighted by Crippen LogP contribution is 1.98. The summed E-state index contributed by atoms with van der Waals surface area (Å²) in [5.41, 5.74) is 0. The summed E-state index contributed by atoms with van der Waals surface area (Å²) in [5, 5.41) is 8.47. The van der Waals surface area contributed by atoms with Gasteiger partial charge >= 0.3 is 0 Å². The fourth-order valence-electron chi connectivity index (χ4n) is 0.868. The summed E-state index contributed by atoms with van der Waals surface area (Å²) >= 11 is 0. The lowest BCUT2D eigenvalue weighted by Crippen LogP contribution is -2.31. The molecule has 0 N–H and O–H groups in total. The van der Waals surface area contributed by atoms with Crippen molar-refractivity contribution in [3.05, 3.63) is 12.7 Å². The van der Waals surface area contributed by atoms with Crippen molar-refractivity contribution in [1.29, 1.82) is 5.26 Å². The Balaban J connectivity index is 3.71. The van der Waals surface area contributed by atoms with Gasteiger partial charge in [-0.05, 0) is 20.3 Å². The Hall–Kier alpha value is -0.810. The second-order valence-corrected chi connectivity index (χ2v) is 2.80. The smallest absolute Gasteiger partial charge is 0.0868 e. The zero-order chi connectivity index (χ0) is 8.69. The Kier molecular flexibility index (Phi) is 5.50. The quantitative estimate of drug-likeness (QED) is 0.443. The fourth-order valence-corrected chi connectivity index (χ4v) is 0.868. The van der Waals surface area contributed by atoms with E-state index in [9.17, 15) is 0 Å². The van der Waals surface area contributed by atoms with Crippen molar-refractivity contribution < 1.29 is 0 Å². The average molecular weight is 152 g/mol. The molecule has 0 aromatic heterocycles. The van der Waals surface area contributed by atoms with Gasteiger partial charge in [0.15, 0.2) is 0 Å². The summed E-state index contributed by atoms with van der Waals surface area (Å²) in [4.78, 5) is 2.13. The largest absolute Gasteiger partial charge is 0.288 e. The van der Waals surface area contributed by atoms with Crippen LogP contribution < -0.4 is 0 Å². The van der Waals surface area contributed by atoms with Gasteiger partial charge in [0.1, 0.15) is 0 Å². The second kappa shape index (κ2) is 5.94. The number of rotatable bonds is 5. The van der Waals surface area contributed by atoms with Gasteiger partial charge in [-0.2, -0.15) is 5.26 Å². The molecule has 2 heteroatoms. The molecule has 0 saturated carbocycles. The summed E-state index contributed by atoms with van der Waals surface area (Å²) in [6.07, 6.45) is 2.84. The summed E-state index contributed by atoms with van der Waals surface area (Å²) in [7, 11) is 0. The van der Waals surface area contributed by atoms with Crippen LogP contribution in [0.15, 0.2) is 12.7 Å². The molecule has 0 spiro atoms. The first-order valence-electron chi connectivity index (χ1n) is 3.94. The van der Waals surface area contributed by atoms with Gasteiger partial charge in [-0.25, -0.2) is 0 Å². The lowest BCUT2D eigenvalue weighted by Gasteiger charge is -2.22. The van der Waals surface area contributed by atoms with Crippen LogP contribution in [0.2, 0.25) is 0 Å². The molecular formula is C9H16N2. The third kappa shape index (κ3) is 4.58. The zero-order valence-corrected chi connectivity index (χ0v) is 7.38. The van der Waals surface area contributed by atoms with Gasteiger partial charge in [-0.3, -0.25) is 4.90 Å². The van der Waals surface area contributed by atoms with Crippen LogP contribution in [0, 0.1) is 11.3 Å². The fraction of sp³-hybridized carbons (Fsp3) is 0.667. The van der Waals surface area contributed by atoms with Crippen molar-refractivity contribution in [1.82, 2.24) is 4.90 Å². The Morgan fingerprint density at radius 2 is 2.27 bits per heavy atom. The molecule has 0 aromatic rings. The van der Waals surface area contributed by atoms with Crippen LogP contribution in [-0.2, 0) is 0 Å². The highest BCUT2D eigenvalue weighted by Gasteiger charge is 2.05. The van der Waals surface area contributed by atoms with Crippen LogP contribution in [0.25, 0.3) is 0 Å². The van der Waals surface area contributed by atoms with Gasteiger partial charge in [0.2, 0.25) is 0 Å². The average Bonchev–Trinajstić information content (AvgIpc) is 1.97. The molecule has 62 valence electrons. The minimum Gasteiger partial charge on any atom is -0.288 e. The van der Waals surface area contributed by atoms with E-state index < -0.39 is 0 Å². The lowest BCUT2D eigenvalue weighted by molar-refractivity contribution is 0.254.